The van der Waals surface area contributed by atoms with E-state index in [4.69, 9.17) is 16.3 Å². The maximum Gasteiger partial charge on any atom is 0.345 e. The lowest BCUT2D eigenvalue weighted by molar-refractivity contribution is -0.157. The van der Waals surface area contributed by atoms with Crippen molar-refractivity contribution < 1.29 is 27.4 Å². The fourth-order valence-electron chi connectivity index (χ4n) is 3.82. The SMILES string of the molecule is CC(Cl)C(F)(c1ccccc1)c1cccc(COC(=O)C2C(OC(F)F)C2(C)C)c1. The molecule has 3 rings (SSSR count). The van der Waals surface area contributed by atoms with Crippen molar-refractivity contribution in [1.29, 1.82) is 0 Å². The molecule has 4 unspecified atom stereocenters. The van der Waals surface area contributed by atoms with Gasteiger partial charge in [0.2, 0.25) is 0 Å². The second kappa shape index (κ2) is 8.60. The number of rotatable bonds is 8. The minimum atomic E-state index is -2.95. The van der Waals surface area contributed by atoms with Crippen LogP contribution in [0.5, 0.6) is 0 Å². The van der Waals surface area contributed by atoms with Crippen LogP contribution in [0.4, 0.5) is 13.2 Å². The zero-order valence-corrected chi connectivity index (χ0v) is 17.7. The van der Waals surface area contributed by atoms with Gasteiger partial charge in [-0.3, -0.25) is 4.79 Å². The smallest absolute Gasteiger partial charge is 0.345 e. The minimum absolute atomic E-state index is 0.109. The van der Waals surface area contributed by atoms with Crippen molar-refractivity contribution in [2.45, 2.75) is 51.1 Å². The summed E-state index contributed by atoms with van der Waals surface area (Å²) in [6.07, 6.45) is -0.884. The Labute approximate surface area is 179 Å². The monoisotopic (exact) mass is 440 g/mol. The Kier molecular flexibility index (Phi) is 6.48. The Morgan fingerprint density at radius 3 is 2.37 bits per heavy atom. The van der Waals surface area contributed by atoms with E-state index in [9.17, 15) is 13.6 Å². The third-order valence-corrected chi connectivity index (χ3v) is 6.00. The number of esters is 1. The largest absolute Gasteiger partial charge is 0.461 e. The molecule has 162 valence electrons. The van der Waals surface area contributed by atoms with Crippen LogP contribution in [0.15, 0.2) is 54.6 Å². The molecule has 7 heteroatoms. The fourth-order valence-corrected chi connectivity index (χ4v) is 4.07. The number of carbonyl (C=O) groups excluding carboxylic acids is 1. The van der Waals surface area contributed by atoms with Crippen molar-refractivity contribution in [2.75, 3.05) is 0 Å². The number of benzene rings is 2. The van der Waals surface area contributed by atoms with Gasteiger partial charge >= 0.3 is 12.6 Å². The van der Waals surface area contributed by atoms with Crippen LogP contribution in [-0.4, -0.2) is 24.1 Å². The van der Waals surface area contributed by atoms with Crippen molar-refractivity contribution >= 4 is 17.6 Å². The van der Waals surface area contributed by atoms with Crippen molar-refractivity contribution in [2.24, 2.45) is 11.3 Å². The summed E-state index contributed by atoms with van der Waals surface area (Å²) < 4.78 is 50.9. The third kappa shape index (κ3) is 4.35. The van der Waals surface area contributed by atoms with Crippen molar-refractivity contribution in [3.8, 4) is 0 Å². The lowest BCUT2D eigenvalue weighted by Crippen LogP contribution is -2.31. The normalized spacial score (nSPS) is 22.9. The zero-order valence-electron chi connectivity index (χ0n) is 16.9. The molecule has 3 nitrogen and oxygen atoms in total. The van der Waals surface area contributed by atoms with Crippen LogP contribution in [0, 0.1) is 11.3 Å². The van der Waals surface area contributed by atoms with Gasteiger partial charge in [-0.2, -0.15) is 8.78 Å². The van der Waals surface area contributed by atoms with Gasteiger partial charge in [-0.1, -0.05) is 62.4 Å². The lowest BCUT2D eigenvalue weighted by atomic mass is 9.85. The molecule has 0 aromatic heterocycles. The molecule has 4 atom stereocenters. The van der Waals surface area contributed by atoms with Gasteiger partial charge in [-0.25, -0.2) is 4.39 Å². The summed E-state index contributed by atoms with van der Waals surface area (Å²) in [6, 6.07) is 15.2. The van der Waals surface area contributed by atoms with E-state index < -0.39 is 41.1 Å². The number of carbonyl (C=O) groups is 1. The molecule has 1 saturated carbocycles. The maximum absolute atomic E-state index is 16.0. The zero-order chi connectivity index (χ0) is 22.1. The van der Waals surface area contributed by atoms with Gasteiger partial charge in [0, 0.05) is 5.41 Å². The quantitative estimate of drug-likeness (QED) is 0.382. The minimum Gasteiger partial charge on any atom is -0.461 e. The Morgan fingerprint density at radius 2 is 1.77 bits per heavy atom. The second-order valence-electron chi connectivity index (χ2n) is 8.12. The molecular formula is C23H24ClF3O3. The molecule has 2 aromatic carbocycles. The van der Waals surface area contributed by atoms with Gasteiger partial charge in [-0.15, -0.1) is 11.6 Å². The highest BCUT2D eigenvalue weighted by atomic mass is 35.5. The number of hydrogen-bond donors (Lipinski definition) is 0. The number of ether oxygens (including phenoxy) is 2. The highest BCUT2D eigenvalue weighted by molar-refractivity contribution is 6.21. The molecule has 0 amide bonds. The van der Waals surface area contributed by atoms with Crippen LogP contribution in [0.25, 0.3) is 0 Å². The Bertz CT molecular complexity index is 888. The van der Waals surface area contributed by atoms with E-state index in [-0.39, 0.29) is 6.61 Å². The molecular weight excluding hydrogens is 417 g/mol. The van der Waals surface area contributed by atoms with Gasteiger partial charge in [0.15, 0.2) is 5.67 Å². The molecule has 0 heterocycles. The van der Waals surface area contributed by atoms with E-state index in [0.717, 1.165) is 0 Å². The first-order valence-electron chi connectivity index (χ1n) is 9.66. The molecule has 0 bridgehead atoms. The molecule has 1 aliphatic rings. The summed E-state index contributed by atoms with van der Waals surface area (Å²) in [5.41, 5.74) is -1.31. The van der Waals surface area contributed by atoms with Gasteiger partial charge in [-0.05, 0) is 29.7 Å². The standard InChI is InChI=1S/C23H24ClF3O3/c1-14(24)23(27,16-9-5-4-6-10-16)17-11-7-8-15(12-17)13-29-20(28)18-19(22(18,2)3)30-21(25)26/h4-12,14,18-19,21H,13H2,1-3H3. The van der Waals surface area contributed by atoms with Crippen LogP contribution in [-0.2, 0) is 26.5 Å². The van der Waals surface area contributed by atoms with Crippen LogP contribution < -0.4 is 0 Å². The molecule has 0 N–H and O–H groups in total. The van der Waals surface area contributed by atoms with Gasteiger partial charge < -0.3 is 9.47 Å². The van der Waals surface area contributed by atoms with Gasteiger partial charge in [0.05, 0.1) is 17.4 Å². The molecule has 0 radical (unpaired) electrons. The summed E-state index contributed by atoms with van der Waals surface area (Å²) in [5, 5.41) is -0.850. The molecule has 30 heavy (non-hydrogen) atoms. The second-order valence-corrected chi connectivity index (χ2v) is 8.77. The summed E-state index contributed by atoms with van der Waals surface area (Å²) in [4.78, 5) is 12.4. The van der Waals surface area contributed by atoms with E-state index in [1.807, 2.05) is 0 Å². The molecule has 0 saturated heterocycles. The summed E-state index contributed by atoms with van der Waals surface area (Å²) in [7, 11) is 0. The molecule has 2 aromatic rings. The van der Waals surface area contributed by atoms with Crippen LogP contribution in [0.3, 0.4) is 0 Å². The average Bonchev–Trinajstić information content (AvgIpc) is 3.25. The van der Waals surface area contributed by atoms with Gasteiger partial charge in [0.25, 0.3) is 0 Å². The Morgan fingerprint density at radius 1 is 1.13 bits per heavy atom. The highest BCUT2D eigenvalue weighted by Gasteiger charge is 2.65. The molecule has 0 spiro atoms. The van der Waals surface area contributed by atoms with E-state index in [2.05, 4.69) is 4.74 Å². The first-order chi connectivity index (χ1) is 14.1. The topological polar surface area (TPSA) is 35.5 Å². The summed E-state index contributed by atoms with van der Waals surface area (Å²) in [6.45, 7) is 1.87. The van der Waals surface area contributed by atoms with Crippen molar-refractivity contribution in [3.63, 3.8) is 0 Å². The van der Waals surface area contributed by atoms with Crippen LogP contribution >= 0.6 is 11.6 Å². The van der Waals surface area contributed by atoms with Crippen molar-refractivity contribution in [1.82, 2.24) is 0 Å². The molecule has 0 aliphatic heterocycles. The number of alkyl halides is 4. The lowest BCUT2D eigenvalue weighted by Gasteiger charge is -2.29. The Hall–Kier alpha value is -2.05. The van der Waals surface area contributed by atoms with E-state index in [1.54, 1.807) is 75.4 Å². The highest BCUT2D eigenvalue weighted by Crippen LogP contribution is 2.55. The fraction of sp³-hybridized carbons (Fsp3) is 0.435. The van der Waals surface area contributed by atoms with Crippen molar-refractivity contribution in [3.05, 3.63) is 71.3 Å². The van der Waals surface area contributed by atoms with Crippen LogP contribution in [0.2, 0.25) is 0 Å². The third-order valence-electron chi connectivity index (χ3n) is 5.70. The average molecular weight is 441 g/mol. The maximum atomic E-state index is 16.0. The predicted octanol–water partition coefficient (Wildman–Crippen LogP) is 5.83. The van der Waals surface area contributed by atoms with Gasteiger partial charge in [0.1, 0.15) is 6.61 Å². The predicted molar refractivity (Wildman–Crippen MR) is 108 cm³/mol. The van der Waals surface area contributed by atoms with E-state index >= 15 is 4.39 Å². The van der Waals surface area contributed by atoms with Crippen LogP contribution in [0.1, 0.15) is 37.5 Å². The molecule has 1 fully saturated rings. The number of hydrogen-bond acceptors (Lipinski definition) is 3. The molecule has 1 aliphatic carbocycles. The Balaban J connectivity index is 1.74. The van der Waals surface area contributed by atoms with E-state index in [0.29, 0.717) is 16.7 Å². The number of halogens is 4. The summed E-state index contributed by atoms with van der Waals surface area (Å²) in [5.74, 6) is -1.38. The first-order valence-corrected chi connectivity index (χ1v) is 10.1. The van der Waals surface area contributed by atoms with E-state index in [1.165, 1.54) is 0 Å². The first kappa shape index (κ1) is 22.6. The summed E-state index contributed by atoms with van der Waals surface area (Å²) >= 11 is 6.24.